The highest BCUT2D eigenvalue weighted by molar-refractivity contribution is 7.89. The lowest BCUT2D eigenvalue weighted by atomic mass is 10.2. The molecule has 3 rings (SSSR count). The Morgan fingerprint density at radius 1 is 1.18 bits per heavy atom. The number of hydrogen-bond donors (Lipinski definition) is 1. The average Bonchev–Trinajstić information content (AvgIpc) is 3.16. The summed E-state index contributed by atoms with van der Waals surface area (Å²) in [5.41, 5.74) is 9.93. The van der Waals surface area contributed by atoms with Crippen LogP contribution in [0.5, 0.6) is 0 Å². The van der Waals surface area contributed by atoms with Crippen LogP contribution < -0.4 is 5.73 Å². The van der Waals surface area contributed by atoms with Crippen LogP contribution in [0.3, 0.4) is 0 Å². The molecular weight excluding hydrogens is 378 g/mol. The van der Waals surface area contributed by atoms with Gasteiger partial charge in [0, 0.05) is 38.4 Å². The van der Waals surface area contributed by atoms with Gasteiger partial charge in [0.25, 0.3) is 0 Å². The van der Waals surface area contributed by atoms with Crippen molar-refractivity contribution in [2.45, 2.75) is 53.0 Å². The van der Waals surface area contributed by atoms with Gasteiger partial charge in [0.2, 0.25) is 10.0 Å². The second-order valence-electron chi connectivity index (χ2n) is 7.37. The van der Waals surface area contributed by atoms with Crippen molar-refractivity contribution in [1.29, 1.82) is 0 Å². The Kier molecular flexibility index (Phi) is 6.57. The topological polar surface area (TPSA) is 103 Å². The molecule has 0 unspecified atom stereocenters. The number of aromatic nitrogens is 3. The smallest absolute Gasteiger partial charge is 0.214 e. The van der Waals surface area contributed by atoms with Crippen LogP contribution in [0.25, 0.3) is 11.0 Å². The molecule has 9 heteroatoms. The van der Waals surface area contributed by atoms with Gasteiger partial charge in [-0.2, -0.15) is 0 Å². The minimum atomic E-state index is -3.02. The van der Waals surface area contributed by atoms with Crippen molar-refractivity contribution >= 4 is 26.9 Å². The first-order chi connectivity index (χ1) is 13.3. The third-order valence-electron chi connectivity index (χ3n) is 5.31. The Hall–Kier alpha value is -1.71. The molecule has 0 bridgehead atoms. The van der Waals surface area contributed by atoms with Crippen LogP contribution in [0.4, 0.5) is 5.82 Å². The minimum Gasteiger partial charge on any atom is -0.382 e. The van der Waals surface area contributed by atoms with Crippen molar-refractivity contribution in [3.05, 3.63) is 17.1 Å². The SMILES string of the molecule is CCCc1nc2c(N)nc(C)c(C)c2n1CCOCCCN1CCCS1(=O)=O. The van der Waals surface area contributed by atoms with E-state index in [4.69, 9.17) is 15.5 Å². The van der Waals surface area contributed by atoms with Crippen LogP contribution in [0.2, 0.25) is 0 Å². The van der Waals surface area contributed by atoms with Crippen molar-refractivity contribution in [2.24, 2.45) is 0 Å². The first-order valence-corrected chi connectivity index (χ1v) is 11.6. The van der Waals surface area contributed by atoms with Crippen LogP contribution in [-0.2, 0) is 27.7 Å². The van der Waals surface area contributed by atoms with E-state index >= 15 is 0 Å². The van der Waals surface area contributed by atoms with E-state index in [-0.39, 0.29) is 5.75 Å². The third kappa shape index (κ3) is 4.31. The van der Waals surface area contributed by atoms with Gasteiger partial charge < -0.3 is 15.0 Å². The van der Waals surface area contributed by atoms with Gasteiger partial charge in [-0.1, -0.05) is 6.92 Å². The number of aryl methyl sites for hydroxylation is 3. The van der Waals surface area contributed by atoms with Crippen molar-refractivity contribution in [3.8, 4) is 0 Å². The molecule has 156 valence electrons. The van der Waals surface area contributed by atoms with Crippen molar-refractivity contribution in [2.75, 3.05) is 37.8 Å². The monoisotopic (exact) mass is 409 g/mol. The number of nitrogens with two attached hydrogens (primary N) is 1. The van der Waals surface area contributed by atoms with E-state index in [0.717, 1.165) is 47.4 Å². The molecule has 1 aliphatic rings. The lowest BCUT2D eigenvalue weighted by Crippen LogP contribution is -2.27. The fraction of sp³-hybridized carbons (Fsp3) is 0.684. The molecule has 1 saturated heterocycles. The fourth-order valence-corrected chi connectivity index (χ4v) is 5.31. The Labute approximate surface area is 167 Å². The summed E-state index contributed by atoms with van der Waals surface area (Å²) in [5.74, 6) is 1.76. The van der Waals surface area contributed by atoms with E-state index in [1.54, 1.807) is 4.31 Å². The highest BCUT2D eigenvalue weighted by atomic mass is 32.2. The number of sulfonamides is 1. The molecule has 2 N–H and O–H groups in total. The maximum absolute atomic E-state index is 11.8. The molecule has 8 nitrogen and oxygen atoms in total. The van der Waals surface area contributed by atoms with Crippen LogP contribution >= 0.6 is 0 Å². The number of ether oxygens (including phenoxy) is 1. The predicted molar refractivity (Wildman–Crippen MR) is 111 cm³/mol. The molecule has 28 heavy (non-hydrogen) atoms. The standard InChI is InChI=1S/C19H31N5O3S/c1-4-7-16-22-17-18(14(2)15(3)21-19(17)20)24(16)10-12-27-11-5-8-23-9-6-13-28(23,25)26/h4-13H2,1-3H3,(H2,20,21). The zero-order valence-corrected chi connectivity index (χ0v) is 17.9. The quantitative estimate of drug-likeness (QED) is 0.636. The van der Waals surface area contributed by atoms with E-state index < -0.39 is 10.0 Å². The summed E-state index contributed by atoms with van der Waals surface area (Å²) in [6.07, 6.45) is 3.31. The van der Waals surface area contributed by atoms with E-state index in [2.05, 4.69) is 23.4 Å². The number of anilines is 1. The molecule has 1 fully saturated rings. The second kappa shape index (κ2) is 8.75. The van der Waals surface area contributed by atoms with Gasteiger partial charge >= 0.3 is 0 Å². The zero-order valence-electron chi connectivity index (χ0n) is 17.1. The molecule has 3 heterocycles. The Morgan fingerprint density at radius 3 is 2.64 bits per heavy atom. The first-order valence-electron chi connectivity index (χ1n) is 10.0. The van der Waals surface area contributed by atoms with Crippen molar-refractivity contribution in [1.82, 2.24) is 18.8 Å². The lowest BCUT2D eigenvalue weighted by Gasteiger charge is -2.14. The molecule has 0 aliphatic carbocycles. The molecule has 2 aromatic heterocycles. The predicted octanol–water partition coefficient (Wildman–Crippen LogP) is 2.03. The van der Waals surface area contributed by atoms with E-state index in [9.17, 15) is 8.42 Å². The van der Waals surface area contributed by atoms with E-state index in [0.29, 0.717) is 45.1 Å². The van der Waals surface area contributed by atoms with Crippen molar-refractivity contribution < 1.29 is 13.2 Å². The normalized spacial score (nSPS) is 17.0. The number of imidazole rings is 1. The maximum Gasteiger partial charge on any atom is 0.214 e. The highest BCUT2D eigenvalue weighted by Crippen LogP contribution is 2.26. The lowest BCUT2D eigenvalue weighted by molar-refractivity contribution is 0.120. The van der Waals surface area contributed by atoms with Crippen LogP contribution in [0.15, 0.2) is 0 Å². The summed E-state index contributed by atoms with van der Waals surface area (Å²) in [5, 5.41) is 0. The van der Waals surface area contributed by atoms with Gasteiger partial charge in [0.1, 0.15) is 11.3 Å². The highest BCUT2D eigenvalue weighted by Gasteiger charge is 2.27. The number of nitrogens with zero attached hydrogens (tertiary/aromatic N) is 4. The number of pyridine rings is 1. The summed E-state index contributed by atoms with van der Waals surface area (Å²) < 4.78 is 33.2. The molecular formula is C19H31N5O3S. The molecule has 0 radical (unpaired) electrons. The Morgan fingerprint density at radius 2 is 1.96 bits per heavy atom. The van der Waals surface area contributed by atoms with Gasteiger partial charge in [0.05, 0.1) is 17.9 Å². The van der Waals surface area contributed by atoms with Gasteiger partial charge in [-0.3, -0.25) is 0 Å². The molecule has 0 amide bonds. The molecule has 0 saturated carbocycles. The summed E-state index contributed by atoms with van der Waals surface area (Å²) in [6, 6.07) is 0. The van der Waals surface area contributed by atoms with Gasteiger partial charge in [-0.15, -0.1) is 0 Å². The summed E-state index contributed by atoms with van der Waals surface area (Å²) in [6.45, 7) is 9.11. The summed E-state index contributed by atoms with van der Waals surface area (Å²) >= 11 is 0. The number of rotatable bonds is 9. The Bertz CT molecular complexity index is 939. The summed E-state index contributed by atoms with van der Waals surface area (Å²) in [7, 11) is -3.02. The Balaban J connectivity index is 1.61. The maximum atomic E-state index is 11.8. The molecule has 0 atom stereocenters. The van der Waals surface area contributed by atoms with Gasteiger partial charge in [-0.25, -0.2) is 22.7 Å². The second-order valence-corrected chi connectivity index (χ2v) is 9.46. The van der Waals surface area contributed by atoms with E-state index in [1.807, 2.05) is 6.92 Å². The zero-order chi connectivity index (χ0) is 20.3. The van der Waals surface area contributed by atoms with E-state index in [1.165, 1.54) is 0 Å². The third-order valence-corrected chi connectivity index (χ3v) is 7.26. The minimum absolute atomic E-state index is 0.276. The van der Waals surface area contributed by atoms with Crippen LogP contribution in [0.1, 0.15) is 43.3 Å². The molecule has 0 aromatic carbocycles. The van der Waals surface area contributed by atoms with Crippen molar-refractivity contribution in [3.63, 3.8) is 0 Å². The van der Waals surface area contributed by atoms with Crippen LogP contribution in [0, 0.1) is 13.8 Å². The van der Waals surface area contributed by atoms with Gasteiger partial charge in [-0.05, 0) is 38.7 Å². The number of fused-ring (bicyclic) bond motifs is 1. The fourth-order valence-electron chi connectivity index (χ4n) is 3.75. The summed E-state index contributed by atoms with van der Waals surface area (Å²) in [4.78, 5) is 9.14. The largest absolute Gasteiger partial charge is 0.382 e. The molecule has 1 aliphatic heterocycles. The average molecular weight is 410 g/mol. The van der Waals surface area contributed by atoms with Crippen LogP contribution in [-0.4, -0.2) is 59.3 Å². The molecule has 0 spiro atoms. The van der Waals surface area contributed by atoms with Gasteiger partial charge in [0.15, 0.2) is 5.82 Å². The number of nitrogen functional groups attached to an aromatic ring is 1. The molecule has 2 aromatic rings. The first kappa shape index (κ1) is 21.0. The number of hydrogen-bond acceptors (Lipinski definition) is 6.